The highest BCUT2D eigenvalue weighted by atomic mass is 19.4. The molecule has 3 aromatic rings. The molecular formula is C27H25F3N2O3. The fourth-order valence-corrected chi connectivity index (χ4v) is 4.42. The average Bonchev–Trinajstić information content (AvgIpc) is 2.84. The van der Waals surface area contributed by atoms with Crippen molar-refractivity contribution in [1.82, 2.24) is 4.90 Å². The van der Waals surface area contributed by atoms with E-state index in [0.717, 1.165) is 43.6 Å². The van der Waals surface area contributed by atoms with E-state index in [9.17, 15) is 22.8 Å². The summed E-state index contributed by atoms with van der Waals surface area (Å²) in [6.07, 6.45) is -2.67. The van der Waals surface area contributed by atoms with Gasteiger partial charge in [0.15, 0.2) is 0 Å². The van der Waals surface area contributed by atoms with Gasteiger partial charge in [-0.2, -0.15) is 13.2 Å². The Hall–Kier alpha value is -3.65. The van der Waals surface area contributed by atoms with Crippen LogP contribution in [0.15, 0.2) is 72.8 Å². The number of aliphatic carboxylic acids is 1. The normalized spacial score (nSPS) is 15.1. The first-order chi connectivity index (χ1) is 16.7. The van der Waals surface area contributed by atoms with Crippen LogP contribution in [0.25, 0.3) is 11.1 Å². The summed E-state index contributed by atoms with van der Waals surface area (Å²) >= 11 is 0. The van der Waals surface area contributed by atoms with Gasteiger partial charge in [0.2, 0.25) is 0 Å². The number of carboxylic acids is 1. The summed E-state index contributed by atoms with van der Waals surface area (Å²) in [6, 6.07) is 19.1. The van der Waals surface area contributed by atoms with Crippen LogP contribution in [-0.4, -0.2) is 41.5 Å². The first kappa shape index (κ1) is 24.5. The Bertz CT molecular complexity index is 1180. The number of nitrogens with zero attached hydrogens (tertiary/aromatic N) is 1. The third kappa shape index (κ3) is 6.08. The van der Waals surface area contributed by atoms with Crippen LogP contribution in [0, 0.1) is 0 Å². The van der Waals surface area contributed by atoms with Crippen molar-refractivity contribution in [2.24, 2.45) is 0 Å². The third-order valence-electron chi connectivity index (χ3n) is 6.28. The molecule has 1 aliphatic heterocycles. The monoisotopic (exact) mass is 482 g/mol. The van der Waals surface area contributed by atoms with Crippen molar-refractivity contribution in [3.63, 3.8) is 0 Å². The van der Waals surface area contributed by atoms with Crippen molar-refractivity contribution in [3.05, 3.63) is 89.5 Å². The molecule has 3 aromatic carbocycles. The summed E-state index contributed by atoms with van der Waals surface area (Å²) < 4.78 is 38.7. The van der Waals surface area contributed by atoms with E-state index in [0.29, 0.717) is 28.3 Å². The van der Waals surface area contributed by atoms with Gasteiger partial charge in [0.25, 0.3) is 5.91 Å². The van der Waals surface area contributed by atoms with Gasteiger partial charge >= 0.3 is 12.1 Å². The molecule has 0 bridgehead atoms. The van der Waals surface area contributed by atoms with E-state index in [2.05, 4.69) is 5.32 Å². The van der Waals surface area contributed by atoms with Gasteiger partial charge in [-0.3, -0.25) is 14.5 Å². The van der Waals surface area contributed by atoms with Gasteiger partial charge in [-0.1, -0.05) is 42.5 Å². The number of amides is 1. The largest absolute Gasteiger partial charge is 0.480 e. The molecule has 5 nitrogen and oxygen atoms in total. The van der Waals surface area contributed by atoms with Crippen LogP contribution in [0.5, 0.6) is 0 Å². The van der Waals surface area contributed by atoms with Gasteiger partial charge in [0, 0.05) is 11.3 Å². The molecule has 0 aliphatic carbocycles. The molecule has 1 saturated heterocycles. The maximum absolute atomic E-state index is 13.0. The van der Waals surface area contributed by atoms with E-state index in [1.54, 1.807) is 24.3 Å². The fraction of sp³-hybridized carbons (Fsp3) is 0.259. The van der Waals surface area contributed by atoms with E-state index >= 15 is 0 Å². The Balaban J connectivity index is 1.43. The number of rotatable bonds is 6. The first-order valence-corrected chi connectivity index (χ1v) is 11.3. The molecule has 1 heterocycles. The minimum atomic E-state index is -4.42. The van der Waals surface area contributed by atoms with E-state index in [-0.39, 0.29) is 12.5 Å². The van der Waals surface area contributed by atoms with E-state index < -0.39 is 17.7 Å². The van der Waals surface area contributed by atoms with Crippen molar-refractivity contribution >= 4 is 17.6 Å². The predicted molar refractivity (Wildman–Crippen MR) is 127 cm³/mol. The minimum Gasteiger partial charge on any atom is -0.480 e. The van der Waals surface area contributed by atoms with Crippen molar-refractivity contribution < 1.29 is 27.9 Å². The highest BCUT2D eigenvalue weighted by molar-refractivity contribution is 6.08. The number of hydrogen-bond donors (Lipinski definition) is 2. The van der Waals surface area contributed by atoms with Gasteiger partial charge < -0.3 is 10.4 Å². The standard InChI is InChI=1S/C27H25F3N2O3/c28-27(29,30)21-9-5-20(6-10-21)23-3-1-2-4-24(23)26(35)31-22-11-7-18(8-12-22)19-13-15-32(16-14-19)17-25(33)34/h1-12,19H,13-17H2,(H,31,35)(H,33,34). The lowest BCUT2D eigenvalue weighted by Gasteiger charge is -2.31. The molecule has 35 heavy (non-hydrogen) atoms. The molecule has 1 aliphatic rings. The van der Waals surface area contributed by atoms with Crippen LogP contribution in [0.3, 0.4) is 0 Å². The number of halogens is 3. The average molecular weight is 483 g/mol. The van der Waals surface area contributed by atoms with Crippen LogP contribution < -0.4 is 5.32 Å². The third-order valence-corrected chi connectivity index (χ3v) is 6.28. The molecule has 1 amide bonds. The summed E-state index contributed by atoms with van der Waals surface area (Å²) in [5.41, 5.74) is 2.45. The summed E-state index contributed by atoms with van der Waals surface area (Å²) in [7, 11) is 0. The zero-order valence-corrected chi connectivity index (χ0v) is 18.9. The second-order valence-electron chi connectivity index (χ2n) is 8.64. The first-order valence-electron chi connectivity index (χ1n) is 11.3. The number of carboxylic acid groups (broad SMARTS) is 1. The number of likely N-dealkylation sites (tertiary alicyclic amines) is 1. The Morgan fingerprint density at radius 2 is 1.54 bits per heavy atom. The molecule has 1 fully saturated rings. The Morgan fingerprint density at radius 1 is 0.914 bits per heavy atom. The topological polar surface area (TPSA) is 69.6 Å². The van der Waals surface area contributed by atoms with Gasteiger partial charge in [0.05, 0.1) is 12.1 Å². The lowest BCUT2D eigenvalue weighted by molar-refractivity contribution is -0.139. The molecule has 182 valence electrons. The van der Waals surface area contributed by atoms with Crippen LogP contribution >= 0.6 is 0 Å². The van der Waals surface area contributed by atoms with Gasteiger partial charge in [-0.05, 0) is 78.9 Å². The summed E-state index contributed by atoms with van der Waals surface area (Å²) in [4.78, 5) is 25.8. The molecule has 2 N–H and O–H groups in total. The van der Waals surface area contributed by atoms with Crippen molar-refractivity contribution in [1.29, 1.82) is 0 Å². The SMILES string of the molecule is O=C(O)CN1CCC(c2ccc(NC(=O)c3ccccc3-c3ccc(C(F)(F)F)cc3)cc2)CC1. The Kier molecular flexibility index (Phi) is 7.21. The number of alkyl halides is 3. The van der Waals surface area contributed by atoms with Crippen LogP contribution in [0.1, 0.15) is 40.2 Å². The molecule has 0 saturated carbocycles. The molecule has 0 spiro atoms. The van der Waals surface area contributed by atoms with Crippen LogP contribution in [0.4, 0.5) is 18.9 Å². The maximum Gasteiger partial charge on any atom is 0.416 e. The molecule has 0 radical (unpaired) electrons. The molecule has 8 heteroatoms. The second kappa shape index (κ2) is 10.3. The van der Waals surface area contributed by atoms with Crippen molar-refractivity contribution in [2.75, 3.05) is 25.0 Å². The van der Waals surface area contributed by atoms with Crippen LogP contribution in [-0.2, 0) is 11.0 Å². The molecular weight excluding hydrogens is 457 g/mol. The number of benzene rings is 3. The highest BCUT2D eigenvalue weighted by Crippen LogP contribution is 2.32. The van der Waals surface area contributed by atoms with Crippen LogP contribution in [0.2, 0.25) is 0 Å². The van der Waals surface area contributed by atoms with Crippen molar-refractivity contribution in [2.45, 2.75) is 24.9 Å². The van der Waals surface area contributed by atoms with Gasteiger partial charge in [-0.25, -0.2) is 0 Å². The van der Waals surface area contributed by atoms with Gasteiger partial charge in [-0.15, -0.1) is 0 Å². The van der Waals surface area contributed by atoms with Gasteiger partial charge in [0.1, 0.15) is 0 Å². The number of anilines is 1. The van der Waals surface area contributed by atoms with E-state index in [1.807, 2.05) is 29.2 Å². The quantitative estimate of drug-likeness (QED) is 0.460. The van der Waals surface area contributed by atoms with Crippen molar-refractivity contribution in [3.8, 4) is 11.1 Å². The lowest BCUT2D eigenvalue weighted by atomic mass is 9.89. The zero-order valence-electron chi connectivity index (χ0n) is 18.9. The number of carbonyl (C=O) groups excluding carboxylic acids is 1. The number of carbonyl (C=O) groups is 2. The minimum absolute atomic E-state index is 0.0611. The summed E-state index contributed by atoms with van der Waals surface area (Å²) in [5, 5.41) is 11.8. The van der Waals surface area contributed by atoms with E-state index in [4.69, 9.17) is 5.11 Å². The smallest absolute Gasteiger partial charge is 0.416 e. The lowest BCUT2D eigenvalue weighted by Crippen LogP contribution is -2.36. The highest BCUT2D eigenvalue weighted by Gasteiger charge is 2.30. The summed E-state index contributed by atoms with van der Waals surface area (Å²) in [5.74, 6) is -0.830. The number of piperidine rings is 1. The Labute approximate surface area is 201 Å². The zero-order chi connectivity index (χ0) is 25.0. The fourth-order valence-electron chi connectivity index (χ4n) is 4.42. The maximum atomic E-state index is 13.0. The molecule has 0 atom stereocenters. The number of hydrogen-bond acceptors (Lipinski definition) is 3. The molecule has 4 rings (SSSR count). The molecule has 0 unspecified atom stereocenters. The second-order valence-corrected chi connectivity index (χ2v) is 8.64. The molecule has 0 aromatic heterocycles. The number of nitrogens with one attached hydrogen (secondary N) is 1. The summed E-state index contributed by atoms with van der Waals surface area (Å²) in [6.45, 7) is 1.53. The Morgan fingerprint density at radius 3 is 2.14 bits per heavy atom. The van der Waals surface area contributed by atoms with E-state index in [1.165, 1.54) is 12.1 Å². The predicted octanol–water partition coefficient (Wildman–Crippen LogP) is 5.89.